The summed E-state index contributed by atoms with van der Waals surface area (Å²) in [7, 11) is 0. The van der Waals surface area contributed by atoms with Gasteiger partial charge < -0.3 is 9.64 Å². The van der Waals surface area contributed by atoms with E-state index in [2.05, 4.69) is 31.8 Å². The summed E-state index contributed by atoms with van der Waals surface area (Å²) in [5.74, 6) is -0.343. The van der Waals surface area contributed by atoms with Crippen LogP contribution in [0.25, 0.3) is 10.2 Å². The number of fused-ring (bicyclic) bond motifs is 3. The number of aryl methyl sites for hydroxylation is 1. The molecule has 5 nitrogen and oxygen atoms in total. The third-order valence-corrected chi connectivity index (χ3v) is 7.30. The predicted octanol–water partition coefficient (Wildman–Crippen LogP) is 4.59. The fourth-order valence-corrected chi connectivity index (χ4v) is 6.47. The van der Waals surface area contributed by atoms with Crippen LogP contribution in [-0.4, -0.2) is 41.0 Å². The van der Waals surface area contributed by atoms with Gasteiger partial charge >= 0.3 is 5.97 Å². The molecule has 2 aromatic rings. The highest BCUT2D eigenvalue weighted by Gasteiger charge is 2.50. The van der Waals surface area contributed by atoms with E-state index < -0.39 is 0 Å². The van der Waals surface area contributed by atoms with Gasteiger partial charge in [0.05, 0.1) is 15.2 Å². The van der Waals surface area contributed by atoms with Crippen LogP contribution < -0.4 is 0 Å². The second kappa shape index (κ2) is 7.71. The predicted molar refractivity (Wildman–Crippen MR) is 115 cm³/mol. The van der Waals surface area contributed by atoms with Gasteiger partial charge in [0.25, 0.3) is 5.91 Å². The van der Waals surface area contributed by atoms with Gasteiger partial charge in [-0.2, -0.15) is 0 Å². The quantitative estimate of drug-likeness (QED) is 0.649. The fraction of sp³-hybridized carbons (Fsp3) is 0.609. The lowest BCUT2D eigenvalue weighted by atomic mass is 9.65. The van der Waals surface area contributed by atoms with E-state index in [0.29, 0.717) is 12.8 Å². The minimum atomic E-state index is -0.298. The Balaban J connectivity index is 1.22. The highest BCUT2D eigenvalue weighted by molar-refractivity contribution is 7.18. The first-order valence-electron chi connectivity index (χ1n) is 10.5. The van der Waals surface area contributed by atoms with Crippen molar-refractivity contribution in [3.63, 3.8) is 0 Å². The van der Waals surface area contributed by atoms with Crippen LogP contribution in [0.2, 0.25) is 0 Å². The molecule has 2 bridgehead atoms. The molecule has 0 radical (unpaired) electrons. The third kappa shape index (κ3) is 4.63. The van der Waals surface area contributed by atoms with Gasteiger partial charge in [0, 0.05) is 19.0 Å². The van der Waals surface area contributed by atoms with Crippen LogP contribution in [-0.2, 0) is 20.7 Å². The summed E-state index contributed by atoms with van der Waals surface area (Å²) in [4.78, 5) is 31.3. The molecule has 1 saturated carbocycles. The molecule has 1 aromatic carbocycles. The number of rotatable bonds is 6. The summed E-state index contributed by atoms with van der Waals surface area (Å²) in [6, 6.07) is 8.34. The van der Waals surface area contributed by atoms with E-state index in [1.165, 1.54) is 4.70 Å². The first-order chi connectivity index (χ1) is 13.7. The van der Waals surface area contributed by atoms with Gasteiger partial charge in [0.15, 0.2) is 6.61 Å². The van der Waals surface area contributed by atoms with Crippen molar-refractivity contribution in [2.24, 2.45) is 10.8 Å². The Morgan fingerprint density at radius 1 is 1.24 bits per heavy atom. The zero-order valence-electron chi connectivity index (χ0n) is 17.6. The molecule has 4 rings (SSSR count). The Hall–Kier alpha value is -1.95. The zero-order valence-corrected chi connectivity index (χ0v) is 18.4. The van der Waals surface area contributed by atoms with Crippen LogP contribution in [0.1, 0.15) is 57.9 Å². The molecule has 1 amide bonds. The topological polar surface area (TPSA) is 59.5 Å². The van der Waals surface area contributed by atoms with Gasteiger partial charge in [-0.15, -0.1) is 11.3 Å². The summed E-state index contributed by atoms with van der Waals surface area (Å²) in [5.41, 5.74) is 1.47. The molecule has 1 aliphatic carbocycles. The Morgan fingerprint density at radius 3 is 2.83 bits per heavy atom. The van der Waals surface area contributed by atoms with E-state index in [9.17, 15) is 9.59 Å². The van der Waals surface area contributed by atoms with Crippen molar-refractivity contribution >= 4 is 33.4 Å². The number of hydrogen-bond acceptors (Lipinski definition) is 5. The van der Waals surface area contributed by atoms with Gasteiger partial charge in [-0.25, -0.2) is 4.98 Å². The van der Waals surface area contributed by atoms with E-state index in [4.69, 9.17) is 4.74 Å². The highest BCUT2D eigenvalue weighted by Crippen LogP contribution is 2.52. The lowest BCUT2D eigenvalue weighted by molar-refractivity contribution is -0.152. The van der Waals surface area contributed by atoms with Gasteiger partial charge in [0.2, 0.25) is 0 Å². The molecule has 1 saturated heterocycles. The Bertz CT molecular complexity index is 889. The van der Waals surface area contributed by atoms with E-state index in [1.807, 2.05) is 23.1 Å². The zero-order chi connectivity index (χ0) is 20.6. The lowest BCUT2D eigenvalue weighted by Gasteiger charge is -2.39. The summed E-state index contributed by atoms with van der Waals surface area (Å²) >= 11 is 1.67. The maximum absolute atomic E-state index is 12.7. The van der Waals surface area contributed by atoms with Crippen molar-refractivity contribution in [1.29, 1.82) is 0 Å². The van der Waals surface area contributed by atoms with Crippen LogP contribution in [0.5, 0.6) is 0 Å². The monoisotopic (exact) mass is 414 g/mol. The smallest absolute Gasteiger partial charge is 0.306 e. The van der Waals surface area contributed by atoms with Crippen molar-refractivity contribution in [2.75, 3.05) is 13.2 Å². The van der Waals surface area contributed by atoms with Crippen LogP contribution in [0.3, 0.4) is 0 Å². The molecule has 2 fully saturated rings. The highest BCUT2D eigenvalue weighted by atomic mass is 32.1. The molecule has 1 aromatic heterocycles. The van der Waals surface area contributed by atoms with Crippen LogP contribution in [0.4, 0.5) is 0 Å². The van der Waals surface area contributed by atoms with Crippen molar-refractivity contribution in [3.8, 4) is 0 Å². The van der Waals surface area contributed by atoms with Crippen molar-refractivity contribution in [1.82, 2.24) is 9.88 Å². The second-order valence-electron chi connectivity index (χ2n) is 9.82. The maximum atomic E-state index is 12.7. The molecule has 1 aliphatic heterocycles. The minimum absolute atomic E-state index is 0.0454. The van der Waals surface area contributed by atoms with E-state index >= 15 is 0 Å². The van der Waals surface area contributed by atoms with Crippen LogP contribution in [0.15, 0.2) is 24.3 Å². The lowest BCUT2D eigenvalue weighted by Crippen LogP contribution is -2.39. The van der Waals surface area contributed by atoms with Gasteiger partial charge in [-0.05, 0) is 55.1 Å². The summed E-state index contributed by atoms with van der Waals surface area (Å²) < 4.78 is 6.47. The first-order valence-corrected chi connectivity index (χ1v) is 11.3. The first kappa shape index (κ1) is 20.3. The molecule has 156 valence electrons. The standard InChI is InChI=1S/C23H30N2O3S/c1-22(2)11-16-12-23(3,14-22)15-25(16)20(26)13-28-21(27)10-6-9-19-24-17-7-4-5-8-18(17)29-19/h4-5,7-8,16H,6,9-15H2,1-3H3/t16-,23-/m0/s1. The number of carbonyl (C=O) groups excluding carboxylic acids is 2. The average molecular weight is 415 g/mol. The van der Waals surface area contributed by atoms with Gasteiger partial charge in [-0.1, -0.05) is 32.9 Å². The molecular weight excluding hydrogens is 384 g/mol. The summed E-state index contributed by atoms with van der Waals surface area (Å²) in [5, 5.41) is 1.04. The Labute approximate surface area is 176 Å². The number of carbonyl (C=O) groups is 2. The largest absolute Gasteiger partial charge is 0.456 e. The Morgan fingerprint density at radius 2 is 2.03 bits per heavy atom. The maximum Gasteiger partial charge on any atom is 0.306 e. The van der Waals surface area contributed by atoms with E-state index in [0.717, 1.165) is 42.8 Å². The minimum Gasteiger partial charge on any atom is -0.456 e. The normalized spacial score (nSPS) is 25.3. The fourth-order valence-electron chi connectivity index (χ4n) is 5.46. The van der Waals surface area contributed by atoms with Gasteiger partial charge in [-0.3, -0.25) is 9.59 Å². The van der Waals surface area contributed by atoms with Gasteiger partial charge in [0.1, 0.15) is 0 Å². The van der Waals surface area contributed by atoms with Crippen molar-refractivity contribution in [3.05, 3.63) is 29.3 Å². The van der Waals surface area contributed by atoms with Crippen LogP contribution >= 0.6 is 11.3 Å². The van der Waals surface area contributed by atoms with E-state index in [1.54, 1.807) is 11.3 Å². The molecule has 0 N–H and O–H groups in total. The number of benzene rings is 1. The number of thiazole rings is 1. The number of amides is 1. The van der Waals surface area contributed by atoms with Crippen molar-refractivity contribution in [2.45, 2.75) is 65.3 Å². The number of para-hydroxylation sites is 1. The summed E-state index contributed by atoms with van der Waals surface area (Å²) in [6.07, 6.45) is 5.00. The molecule has 6 heteroatoms. The molecule has 2 aliphatic rings. The molecule has 29 heavy (non-hydrogen) atoms. The second-order valence-corrected chi connectivity index (χ2v) is 10.9. The van der Waals surface area contributed by atoms with Crippen LogP contribution in [0, 0.1) is 10.8 Å². The van der Waals surface area contributed by atoms with Crippen molar-refractivity contribution < 1.29 is 14.3 Å². The third-order valence-electron chi connectivity index (χ3n) is 6.20. The average Bonchev–Trinajstić information content (AvgIpc) is 3.16. The number of ether oxygens (including phenoxy) is 1. The summed E-state index contributed by atoms with van der Waals surface area (Å²) in [6.45, 7) is 7.51. The molecular formula is C23H30N2O3S. The number of likely N-dealkylation sites (tertiary alicyclic amines) is 1. The number of hydrogen-bond donors (Lipinski definition) is 0. The molecule has 0 spiro atoms. The molecule has 0 unspecified atom stereocenters. The van der Waals surface area contributed by atoms with E-state index in [-0.39, 0.29) is 35.4 Å². The molecule has 2 atom stereocenters. The Kier molecular flexibility index (Phi) is 5.40. The number of nitrogens with zero attached hydrogens (tertiary/aromatic N) is 2. The molecule has 2 heterocycles. The number of aromatic nitrogens is 1. The SMILES string of the molecule is CC1(C)C[C@H]2C[C@](C)(CN2C(=O)COC(=O)CCCc2nc3ccccc3s2)C1. The number of esters is 1.